The average molecular weight is 544 g/mol. The maximum atomic E-state index is 3.96. The van der Waals surface area contributed by atoms with Gasteiger partial charge in [0.25, 0.3) is 0 Å². The van der Waals surface area contributed by atoms with Gasteiger partial charge in [-0.3, -0.25) is 0 Å². The summed E-state index contributed by atoms with van der Waals surface area (Å²) in [4.78, 5) is 0. The molecule has 0 aliphatic heterocycles. The van der Waals surface area contributed by atoms with Gasteiger partial charge in [0.05, 0.1) is 0 Å². The van der Waals surface area contributed by atoms with E-state index in [9.17, 15) is 0 Å². The van der Waals surface area contributed by atoms with Crippen molar-refractivity contribution in [2.24, 2.45) is 17.8 Å². The van der Waals surface area contributed by atoms with Crippen LogP contribution in [0.15, 0.2) is 102 Å². The van der Waals surface area contributed by atoms with E-state index >= 15 is 0 Å². The number of halogens is 1. The van der Waals surface area contributed by atoms with Gasteiger partial charge in [0.1, 0.15) is 0 Å². The van der Waals surface area contributed by atoms with Gasteiger partial charge in [0.2, 0.25) is 0 Å². The highest BCUT2D eigenvalue weighted by molar-refractivity contribution is 9.10. The summed E-state index contributed by atoms with van der Waals surface area (Å²) in [7, 11) is 0. The van der Waals surface area contributed by atoms with Crippen LogP contribution in [-0.2, 0) is 5.41 Å². The molecule has 4 saturated carbocycles. The van der Waals surface area contributed by atoms with E-state index in [2.05, 4.69) is 113 Å². The van der Waals surface area contributed by atoms with Gasteiger partial charge in [-0.1, -0.05) is 91.0 Å². The van der Waals surface area contributed by atoms with Crippen molar-refractivity contribution in [3.8, 4) is 22.3 Å². The van der Waals surface area contributed by atoms with Crippen LogP contribution in [0.2, 0.25) is 0 Å². The summed E-state index contributed by atoms with van der Waals surface area (Å²) in [6.07, 6.45) is 8.60. The molecule has 5 aromatic rings. The maximum absolute atomic E-state index is 3.96. The molecular formula is C36H31Br. The Hall–Kier alpha value is -2.90. The molecule has 0 aromatic heterocycles. The van der Waals surface area contributed by atoms with E-state index in [-0.39, 0.29) is 0 Å². The normalized spacial score (nSPS) is 26.2. The first-order chi connectivity index (χ1) is 18.2. The van der Waals surface area contributed by atoms with Crippen molar-refractivity contribution < 1.29 is 0 Å². The van der Waals surface area contributed by atoms with Crippen LogP contribution in [0.5, 0.6) is 0 Å². The number of fused-ring (bicyclic) bond motifs is 2. The Kier molecular flexibility index (Phi) is 4.96. The first-order valence-electron chi connectivity index (χ1n) is 14.0. The SMILES string of the molecule is Brc1c2ccccc2c(-c2cc(-c3ccccc3)cc(C34CC5CC(CC(C5)C3)C4)c2)c2ccccc12. The van der Waals surface area contributed by atoms with Gasteiger partial charge < -0.3 is 0 Å². The third kappa shape index (κ3) is 3.47. The molecule has 0 spiro atoms. The summed E-state index contributed by atoms with van der Waals surface area (Å²) in [5.74, 6) is 2.80. The average Bonchev–Trinajstić information content (AvgIpc) is 2.93. The minimum atomic E-state index is 0.356. The van der Waals surface area contributed by atoms with Crippen molar-refractivity contribution in [1.29, 1.82) is 0 Å². The molecule has 0 N–H and O–H groups in total. The molecule has 0 unspecified atom stereocenters. The predicted molar refractivity (Wildman–Crippen MR) is 160 cm³/mol. The zero-order valence-electron chi connectivity index (χ0n) is 21.1. The molecule has 0 saturated heterocycles. The summed E-state index contributed by atoms with van der Waals surface area (Å²) >= 11 is 3.96. The molecule has 182 valence electrons. The van der Waals surface area contributed by atoms with E-state index in [0.29, 0.717) is 5.41 Å². The summed E-state index contributed by atoms with van der Waals surface area (Å²) in [5.41, 5.74) is 7.38. The fourth-order valence-corrected chi connectivity index (χ4v) is 9.42. The van der Waals surface area contributed by atoms with Gasteiger partial charge in [-0.2, -0.15) is 0 Å². The molecule has 37 heavy (non-hydrogen) atoms. The molecule has 4 bridgehead atoms. The quantitative estimate of drug-likeness (QED) is 0.199. The Balaban J connectivity index is 1.43. The summed E-state index contributed by atoms with van der Waals surface area (Å²) in [6, 6.07) is 36.5. The minimum absolute atomic E-state index is 0.356. The van der Waals surface area contributed by atoms with E-state index in [1.54, 1.807) is 5.56 Å². The highest BCUT2D eigenvalue weighted by Gasteiger charge is 2.51. The van der Waals surface area contributed by atoms with Gasteiger partial charge in [0.15, 0.2) is 0 Å². The first-order valence-corrected chi connectivity index (χ1v) is 14.8. The molecule has 0 atom stereocenters. The molecule has 0 radical (unpaired) electrons. The standard InChI is InChI=1S/C36H31Br/c37-35-32-12-6-4-10-30(32)34(31-11-5-7-13-33(31)35)28-17-27(26-8-2-1-3-9-26)18-29(19-28)36-20-23-14-24(21-36)16-25(15-23)22-36/h1-13,17-19,23-25H,14-16,20-22H2. The molecule has 4 fully saturated rings. The second-order valence-corrected chi connectivity index (χ2v) is 12.9. The van der Waals surface area contributed by atoms with Crippen molar-refractivity contribution >= 4 is 37.5 Å². The zero-order valence-corrected chi connectivity index (χ0v) is 22.7. The van der Waals surface area contributed by atoms with Crippen molar-refractivity contribution in [3.05, 3.63) is 107 Å². The molecule has 4 aliphatic carbocycles. The van der Waals surface area contributed by atoms with Gasteiger partial charge in [-0.05, 0) is 133 Å². The Morgan fingerprint density at radius 1 is 0.514 bits per heavy atom. The summed E-state index contributed by atoms with van der Waals surface area (Å²) in [5, 5.41) is 5.24. The van der Waals surface area contributed by atoms with E-state index in [1.165, 1.54) is 86.8 Å². The van der Waals surface area contributed by atoms with Crippen LogP contribution in [-0.4, -0.2) is 0 Å². The minimum Gasteiger partial charge on any atom is -0.0622 e. The lowest BCUT2D eigenvalue weighted by Gasteiger charge is -2.57. The lowest BCUT2D eigenvalue weighted by atomic mass is 9.48. The van der Waals surface area contributed by atoms with Crippen molar-refractivity contribution in [2.75, 3.05) is 0 Å². The van der Waals surface area contributed by atoms with Crippen LogP contribution in [0.1, 0.15) is 44.1 Å². The number of hydrogen-bond donors (Lipinski definition) is 0. The Morgan fingerprint density at radius 3 is 1.57 bits per heavy atom. The van der Waals surface area contributed by atoms with Crippen LogP contribution in [0.4, 0.5) is 0 Å². The smallest absolute Gasteiger partial charge is 0.0332 e. The van der Waals surface area contributed by atoms with E-state index in [1.807, 2.05) is 0 Å². The molecule has 1 heteroatoms. The highest BCUT2D eigenvalue weighted by atomic mass is 79.9. The molecule has 0 heterocycles. The first kappa shape index (κ1) is 22.1. The Morgan fingerprint density at radius 2 is 1.00 bits per heavy atom. The molecule has 5 aromatic carbocycles. The van der Waals surface area contributed by atoms with Crippen molar-refractivity contribution in [2.45, 2.75) is 43.9 Å². The number of rotatable bonds is 3. The highest BCUT2D eigenvalue weighted by Crippen LogP contribution is 2.61. The van der Waals surface area contributed by atoms with Gasteiger partial charge in [0, 0.05) is 4.47 Å². The van der Waals surface area contributed by atoms with Crippen LogP contribution in [0.25, 0.3) is 43.8 Å². The molecular weight excluding hydrogens is 512 g/mol. The zero-order chi connectivity index (χ0) is 24.6. The van der Waals surface area contributed by atoms with Gasteiger partial charge in [-0.15, -0.1) is 0 Å². The number of hydrogen-bond acceptors (Lipinski definition) is 0. The van der Waals surface area contributed by atoms with Crippen LogP contribution in [0, 0.1) is 17.8 Å². The lowest BCUT2D eigenvalue weighted by Crippen LogP contribution is -2.48. The third-order valence-corrected chi connectivity index (χ3v) is 10.7. The van der Waals surface area contributed by atoms with E-state index in [0.717, 1.165) is 17.8 Å². The molecule has 0 nitrogen and oxygen atoms in total. The van der Waals surface area contributed by atoms with Crippen molar-refractivity contribution in [3.63, 3.8) is 0 Å². The molecule has 9 rings (SSSR count). The van der Waals surface area contributed by atoms with Crippen molar-refractivity contribution in [1.82, 2.24) is 0 Å². The fraction of sp³-hybridized carbons (Fsp3) is 0.278. The van der Waals surface area contributed by atoms with Crippen LogP contribution in [0.3, 0.4) is 0 Å². The number of benzene rings is 5. The monoisotopic (exact) mass is 542 g/mol. The van der Waals surface area contributed by atoms with E-state index < -0.39 is 0 Å². The Bertz CT molecular complexity index is 1570. The summed E-state index contributed by atoms with van der Waals surface area (Å²) < 4.78 is 1.20. The predicted octanol–water partition coefficient (Wildman–Crippen LogP) is 10.6. The third-order valence-electron chi connectivity index (χ3n) is 9.85. The molecule has 4 aliphatic rings. The summed E-state index contributed by atoms with van der Waals surface area (Å²) in [6.45, 7) is 0. The Labute approximate surface area is 227 Å². The van der Waals surface area contributed by atoms with Gasteiger partial charge >= 0.3 is 0 Å². The largest absolute Gasteiger partial charge is 0.0622 e. The molecule has 0 amide bonds. The van der Waals surface area contributed by atoms with Gasteiger partial charge in [-0.25, -0.2) is 0 Å². The second kappa shape index (κ2) is 8.30. The van der Waals surface area contributed by atoms with E-state index in [4.69, 9.17) is 0 Å². The lowest BCUT2D eigenvalue weighted by molar-refractivity contribution is -0.00515. The van der Waals surface area contributed by atoms with Crippen LogP contribution >= 0.6 is 15.9 Å². The topological polar surface area (TPSA) is 0 Å². The fourth-order valence-electron chi connectivity index (χ4n) is 8.73. The second-order valence-electron chi connectivity index (χ2n) is 12.1. The van der Waals surface area contributed by atoms with Crippen LogP contribution < -0.4 is 0 Å². The maximum Gasteiger partial charge on any atom is 0.0332 e.